The minimum absolute atomic E-state index is 0.0931. The first kappa shape index (κ1) is 24.4. The number of aliphatic hydroxyl groups excluding tert-OH is 1. The van der Waals surface area contributed by atoms with E-state index in [1.165, 1.54) is 18.3 Å². The van der Waals surface area contributed by atoms with Gasteiger partial charge < -0.3 is 15.1 Å². The maximum Gasteiger partial charge on any atom is 0.200 e. The van der Waals surface area contributed by atoms with E-state index in [2.05, 4.69) is 9.97 Å². The van der Waals surface area contributed by atoms with E-state index in [1.54, 1.807) is 0 Å². The molecule has 0 bridgehead atoms. The van der Waals surface area contributed by atoms with Gasteiger partial charge in [-0.1, -0.05) is 0 Å². The van der Waals surface area contributed by atoms with Crippen LogP contribution in [0.25, 0.3) is 0 Å². The van der Waals surface area contributed by atoms with Gasteiger partial charge in [0.1, 0.15) is 6.10 Å². The summed E-state index contributed by atoms with van der Waals surface area (Å²) in [6.07, 6.45) is -0.325. The standard InChI is InChI=1S/C22H10F10N2O/c23-12-10(13(24)17(28)20(31)16(12)27)9(7-2-1-3-33-7)6-4-8(34-5-6)22(35)11-14(25)18(29)21(32)19(30)15(11)26/h1-5,9,22,33-35H. The van der Waals surface area contributed by atoms with Crippen LogP contribution < -0.4 is 0 Å². The molecule has 4 rings (SSSR count). The van der Waals surface area contributed by atoms with Gasteiger partial charge >= 0.3 is 0 Å². The number of benzene rings is 2. The molecule has 2 aromatic heterocycles. The van der Waals surface area contributed by atoms with Crippen LogP contribution in [0.2, 0.25) is 0 Å². The molecular formula is C22H10F10N2O. The molecule has 2 atom stereocenters. The summed E-state index contributed by atoms with van der Waals surface area (Å²) in [5.41, 5.74) is -3.90. The molecule has 0 spiro atoms. The molecule has 0 saturated carbocycles. The number of aromatic nitrogens is 2. The number of halogens is 10. The van der Waals surface area contributed by atoms with Gasteiger partial charge in [0.05, 0.1) is 11.5 Å². The van der Waals surface area contributed by atoms with Gasteiger partial charge in [-0.25, -0.2) is 43.9 Å². The van der Waals surface area contributed by atoms with Gasteiger partial charge in [0.15, 0.2) is 46.5 Å². The Morgan fingerprint density at radius 3 is 1.49 bits per heavy atom. The van der Waals surface area contributed by atoms with Crippen LogP contribution in [-0.2, 0) is 0 Å². The summed E-state index contributed by atoms with van der Waals surface area (Å²) in [6, 6.07) is 3.38. The topological polar surface area (TPSA) is 51.8 Å². The molecule has 0 aliphatic heterocycles. The normalized spacial score (nSPS) is 13.3. The summed E-state index contributed by atoms with van der Waals surface area (Å²) in [6.45, 7) is 0. The van der Waals surface area contributed by atoms with Gasteiger partial charge in [-0.2, -0.15) is 0 Å². The molecule has 0 amide bonds. The van der Waals surface area contributed by atoms with Crippen molar-refractivity contribution in [3.8, 4) is 0 Å². The second-order valence-electron chi connectivity index (χ2n) is 7.32. The van der Waals surface area contributed by atoms with E-state index in [-0.39, 0.29) is 11.3 Å². The van der Waals surface area contributed by atoms with Crippen molar-refractivity contribution in [3.05, 3.63) is 117 Å². The van der Waals surface area contributed by atoms with Crippen molar-refractivity contribution in [2.45, 2.75) is 12.0 Å². The van der Waals surface area contributed by atoms with Crippen molar-refractivity contribution in [2.75, 3.05) is 0 Å². The maximum absolute atomic E-state index is 14.6. The smallest absolute Gasteiger partial charge is 0.200 e. The average molecular weight is 508 g/mol. The monoisotopic (exact) mass is 508 g/mol. The van der Waals surface area contributed by atoms with Crippen molar-refractivity contribution >= 4 is 0 Å². The summed E-state index contributed by atoms with van der Waals surface area (Å²) in [5.74, 6) is -24.7. The molecule has 2 heterocycles. The largest absolute Gasteiger partial charge is 0.382 e. The third-order valence-electron chi connectivity index (χ3n) is 5.34. The number of H-pyrrole nitrogens is 2. The predicted molar refractivity (Wildman–Crippen MR) is 99.1 cm³/mol. The van der Waals surface area contributed by atoms with E-state index in [0.29, 0.717) is 0 Å². The lowest BCUT2D eigenvalue weighted by molar-refractivity contribution is 0.199. The number of hydrogen-bond donors (Lipinski definition) is 3. The lowest BCUT2D eigenvalue weighted by Crippen LogP contribution is -2.14. The minimum Gasteiger partial charge on any atom is -0.382 e. The molecule has 184 valence electrons. The molecule has 3 N–H and O–H groups in total. The number of nitrogens with one attached hydrogen (secondary N) is 2. The second kappa shape index (κ2) is 8.80. The highest BCUT2D eigenvalue weighted by molar-refractivity contribution is 5.44. The SMILES string of the molecule is OC(c1cc(C(c2ccc[nH]2)c2c(F)c(F)c(F)c(F)c2F)c[nH]1)c1c(F)c(F)c(F)c(F)c1F. The Morgan fingerprint density at radius 2 is 1.03 bits per heavy atom. The van der Waals surface area contributed by atoms with Crippen molar-refractivity contribution in [3.63, 3.8) is 0 Å². The van der Waals surface area contributed by atoms with Gasteiger partial charge in [-0.05, 0) is 23.8 Å². The van der Waals surface area contributed by atoms with Crippen LogP contribution in [0.4, 0.5) is 43.9 Å². The van der Waals surface area contributed by atoms with Gasteiger partial charge in [-0.3, -0.25) is 0 Å². The number of aromatic amines is 2. The Hall–Kier alpha value is -3.74. The summed E-state index contributed by atoms with van der Waals surface area (Å²) >= 11 is 0. The fourth-order valence-corrected chi connectivity index (χ4v) is 3.67. The first-order valence-corrected chi connectivity index (χ1v) is 9.49. The minimum atomic E-state index is -2.49. The molecule has 2 unspecified atom stereocenters. The van der Waals surface area contributed by atoms with E-state index in [0.717, 1.165) is 12.3 Å². The lowest BCUT2D eigenvalue weighted by Gasteiger charge is -2.18. The van der Waals surface area contributed by atoms with Crippen LogP contribution in [0.5, 0.6) is 0 Å². The fourth-order valence-electron chi connectivity index (χ4n) is 3.67. The molecule has 35 heavy (non-hydrogen) atoms. The maximum atomic E-state index is 14.6. The summed E-state index contributed by atoms with van der Waals surface area (Å²) < 4.78 is 139. The lowest BCUT2D eigenvalue weighted by atomic mass is 9.88. The van der Waals surface area contributed by atoms with Crippen molar-refractivity contribution in [2.24, 2.45) is 0 Å². The van der Waals surface area contributed by atoms with Crippen LogP contribution in [0, 0.1) is 58.2 Å². The number of rotatable bonds is 5. The van der Waals surface area contributed by atoms with Gasteiger partial charge in [0.25, 0.3) is 0 Å². The van der Waals surface area contributed by atoms with Crippen LogP contribution in [0.15, 0.2) is 30.6 Å². The number of aliphatic hydroxyl groups is 1. The second-order valence-corrected chi connectivity index (χ2v) is 7.32. The highest BCUT2D eigenvalue weighted by Crippen LogP contribution is 2.39. The van der Waals surface area contributed by atoms with E-state index in [1.807, 2.05) is 0 Å². The average Bonchev–Trinajstić information content (AvgIpc) is 3.54. The third-order valence-corrected chi connectivity index (χ3v) is 5.34. The molecule has 0 aliphatic rings. The summed E-state index contributed by atoms with van der Waals surface area (Å²) in [4.78, 5) is 4.80. The Morgan fingerprint density at radius 1 is 0.571 bits per heavy atom. The highest BCUT2D eigenvalue weighted by atomic mass is 19.2. The molecule has 4 aromatic rings. The quantitative estimate of drug-likeness (QED) is 0.173. The molecule has 0 aliphatic carbocycles. The number of hydrogen-bond acceptors (Lipinski definition) is 1. The van der Waals surface area contributed by atoms with Crippen molar-refractivity contribution in [1.82, 2.24) is 9.97 Å². The first-order chi connectivity index (χ1) is 16.5. The summed E-state index contributed by atoms with van der Waals surface area (Å²) in [7, 11) is 0. The van der Waals surface area contributed by atoms with Crippen LogP contribution in [-0.4, -0.2) is 15.1 Å². The van der Waals surface area contributed by atoms with E-state index < -0.39 is 87.0 Å². The van der Waals surface area contributed by atoms with Gasteiger partial charge in [0, 0.05) is 29.3 Å². The van der Waals surface area contributed by atoms with E-state index in [9.17, 15) is 49.0 Å². The molecule has 0 fully saturated rings. The van der Waals surface area contributed by atoms with Crippen molar-refractivity contribution < 1.29 is 49.0 Å². The van der Waals surface area contributed by atoms with E-state index >= 15 is 0 Å². The van der Waals surface area contributed by atoms with Crippen LogP contribution in [0.3, 0.4) is 0 Å². The Labute approximate surface area is 188 Å². The third kappa shape index (κ3) is 3.75. The molecule has 2 aromatic carbocycles. The van der Waals surface area contributed by atoms with Crippen LogP contribution >= 0.6 is 0 Å². The highest BCUT2D eigenvalue weighted by Gasteiger charge is 2.35. The van der Waals surface area contributed by atoms with Gasteiger partial charge in [0.2, 0.25) is 11.6 Å². The van der Waals surface area contributed by atoms with Crippen LogP contribution in [0.1, 0.15) is 40.1 Å². The molecule has 3 nitrogen and oxygen atoms in total. The fraction of sp³-hybridized carbons (Fsp3) is 0.0909. The zero-order chi connectivity index (χ0) is 25.8. The van der Waals surface area contributed by atoms with Gasteiger partial charge in [-0.15, -0.1) is 0 Å². The summed E-state index contributed by atoms with van der Waals surface area (Å²) in [5, 5.41) is 10.3. The predicted octanol–water partition coefficient (Wildman–Crippen LogP) is 6.00. The zero-order valence-electron chi connectivity index (χ0n) is 16.8. The Kier molecular flexibility index (Phi) is 6.13. The Bertz CT molecular complexity index is 1370. The molecule has 0 radical (unpaired) electrons. The zero-order valence-corrected chi connectivity index (χ0v) is 16.8. The Balaban J connectivity index is 1.88. The molecule has 0 saturated heterocycles. The molecular weight excluding hydrogens is 498 g/mol. The molecule has 13 heteroatoms. The van der Waals surface area contributed by atoms with E-state index in [4.69, 9.17) is 0 Å². The first-order valence-electron chi connectivity index (χ1n) is 9.49. The van der Waals surface area contributed by atoms with Crippen molar-refractivity contribution in [1.29, 1.82) is 0 Å².